The zero-order valence-electron chi connectivity index (χ0n) is 7.54. The molecule has 2 heterocycles. The number of fused-ring (bicyclic) bond motifs is 2. The Bertz CT molecular complexity index is 399. The molecule has 0 aromatic heterocycles. The molecule has 0 saturated carbocycles. The number of nitrogens with one attached hydrogen (secondary N) is 2. The summed E-state index contributed by atoms with van der Waals surface area (Å²) in [7, 11) is 0. The molecule has 2 aliphatic heterocycles. The van der Waals surface area contributed by atoms with Crippen molar-refractivity contribution in [2.24, 2.45) is 0 Å². The molecule has 1 aromatic carbocycles. The lowest BCUT2D eigenvalue weighted by Crippen LogP contribution is -2.61. The van der Waals surface area contributed by atoms with Crippen LogP contribution in [-0.2, 0) is 10.3 Å². The molecule has 3 rings (SSSR count). The van der Waals surface area contributed by atoms with E-state index in [1.165, 1.54) is 0 Å². The number of carbonyl (C=O) groups is 1. The van der Waals surface area contributed by atoms with Gasteiger partial charge in [0.25, 0.3) is 0 Å². The zero-order valence-corrected chi connectivity index (χ0v) is 7.54. The molecule has 1 fully saturated rings. The van der Waals surface area contributed by atoms with Crippen LogP contribution in [0.3, 0.4) is 0 Å². The molecule has 0 bridgehead atoms. The van der Waals surface area contributed by atoms with E-state index < -0.39 is 5.60 Å². The third kappa shape index (κ3) is 0.886. The van der Waals surface area contributed by atoms with Crippen molar-refractivity contribution in [2.45, 2.75) is 5.60 Å². The highest BCUT2D eigenvalue weighted by Crippen LogP contribution is 2.38. The fourth-order valence-electron chi connectivity index (χ4n) is 1.97. The molecule has 1 amide bonds. The lowest BCUT2D eigenvalue weighted by atomic mass is 9.86. The number of rotatable bonds is 0. The predicted molar refractivity (Wildman–Crippen MR) is 51.1 cm³/mol. The molecule has 0 radical (unpaired) electrons. The Kier molecular flexibility index (Phi) is 1.39. The molecule has 0 atom stereocenters. The quantitative estimate of drug-likeness (QED) is 0.642. The van der Waals surface area contributed by atoms with Crippen molar-refractivity contribution in [3.8, 4) is 0 Å². The zero-order chi connectivity index (χ0) is 9.60. The van der Waals surface area contributed by atoms with Gasteiger partial charge in [-0.1, -0.05) is 18.2 Å². The van der Waals surface area contributed by atoms with Crippen molar-refractivity contribution in [1.29, 1.82) is 0 Å². The van der Waals surface area contributed by atoms with E-state index in [1.807, 2.05) is 24.3 Å². The molecular formula is C10H10N2O2. The molecule has 14 heavy (non-hydrogen) atoms. The first-order chi connectivity index (χ1) is 6.80. The molecule has 2 N–H and O–H groups in total. The molecule has 1 saturated heterocycles. The van der Waals surface area contributed by atoms with E-state index in [4.69, 9.17) is 4.74 Å². The normalized spacial score (nSPS) is 21.9. The van der Waals surface area contributed by atoms with E-state index in [0.29, 0.717) is 13.1 Å². The standard InChI is InChI=1S/C10H10N2O2/c13-9-12-8-4-2-1-3-7(8)10(14-9)5-11-6-10/h1-4,11H,5-6H2,(H,12,13). The first-order valence-corrected chi connectivity index (χ1v) is 4.60. The molecule has 4 heteroatoms. The molecule has 1 spiro atoms. The summed E-state index contributed by atoms with van der Waals surface area (Å²) in [6.07, 6.45) is -0.356. The van der Waals surface area contributed by atoms with Crippen LogP contribution < -0.4 is 10.6 Å². The number of amides is 1. The van der Waals surface area contributed by atoms with Crippen molar-refractivity contribution < 1.29 is 9.53 Å². The Hall–Kier alpha value is -1.55. The smallest absolute Gasteiger partial charge is 0.412 e. The fraction of sp³-hybridized carbons (Fsp3) is 0.300. The highest BCUT2D eigenvalue weighted by atomic mass is 16.6. The topological polar surface area (TPSA) is 50.4 Å². The molecule has 2 aliphatic rings. The summed E-state index contributed by atoms with van der Waals surface area (Å²) >= 11 is 0. The first-order valence-electron chi connectivity index (χ1n) is 4.60. The highest BCUT2D eigenvalue weighted by molar-refractivity contribution is 5.89. The molecule has 1 aromatic rings. The third-order valence-corrected chi connectivity index (χ3v) is 2.76. The van der Waals surface area contributed by atoms with E-state index in [0.717, 1.165) is 11.3 Å². The number of benzene rings is 1. The first kappa shape index (κ1) is 7.82. The minimum Gasteiger partial charge on any atom is -0.435 e. The van der Waals surface area contributed by atoms with Crippen LogP contribution in [0.5, 0.6) is 0 Å². The average molecular weight is 190 g/mol. The van der Waals surface area contributed by atoms with Crippen LogP contribution in [0.2, 0.25) is 0 Å². The maximum atomic E-state index is 11.3. The van der Waals surface area contributed by atoms with Gasteiger partial charge in [0.2, 0.25) is 0 Å². The highest BCUT2D eigenvalue weighted by Gasteiger charge is 2.46. The summed E-state index contributed by atoms with van der Waals surface area (Å²) in [6, 6.07) is 7.76. The summed E-state index contributed by atoms with van der Waals surface area (Å²) in [5.74, 6) is 0. The van der Waals surface area contributed by atoms with Gasteiger partial charge in [0.05, 0.1) is 5.69 Å². The van der Waals surface area contributed by atoms with Crippen molar-refractivity contribution >= 4 is 11.8 Å². The second kappa shape index (κ2) is 2.48. The maximum absolute atomic E-state index is 11.3. The van der Waals surface area contributed by atoms with Crippen molar-refractivity contribution in [3.63, 3.8) is 0 Å². The maximum Gasteiger partial charge on any atom is 0.412 e. The van der Waals surface area contributed by atoms with Crippen LogP contribution in [0, 0.1) is 0 Å². The lowest BCUT2D eigenvalue weighted by Gasteiger charge is -2.45. The molecular weight excluding hydrogens is 180 g/mol. The van der Waals surface area contributed by atoms with E-state index >= 15 is 0 Å². The number of hydrogen-bond acceptors (Lipinski definition) is 3. The van der Waals surface area contributed by atoms with Crippen LogP contribution in [-0.4, -0.2) is 19.2 Å². The van der Waals surface area contributed by atoms with Gasteiger partial charge in [-0.15, -0.1) is 0 Å². The van der Waals surface area contributed by atoms with Gasteiger partial charge in [-0.2, -0.15) is 0 Å². The largest absolute Gasteiger partial charge is 0.435 e. The number of para-hydroxylation sites is 1. The number of ether oxygens (including phenoxy) is 1. The van der Waals surface area contributed by atoms with E-state index in [2.05, 4.69) is 10.6 Å². The summed E-state index contributed by atoms with van der Waals surface area (Å²) in [5.41, 5.74) is 1.52. The Balaban J connectivity index is 2.14. The number of hydrogen-bond donors (Lipinski definition) is 2. The van der Waals surface area contributed by atoms with Crippen LogP contribution >= 0.6 is 0 Å². The van der Waals surface area contributed by atoms with Gasteiger partial charge >= 0.3 is 6.09 Å². The average Bonchev–Trinajstić information content (AvgIpc) is 2.14. The Morgan fingerprint density at radius 3 is 2.79 bits per heavy atom. The molecule has 0 unspecified atom stereocenters. The Morgan fingerprint density at radius 2 is 2.07 bits per heavy atom. The van der Waals surface area contributed by atoms with Crippen LogP contribution in [0.25, 0.3) is 0 Å². The van der Waals surface area contributed by atoms with Gasteiger partial charge in [0.1, 0.15) is 0 Å². The predicted octanol–water partition coefficient (Wildman–Crippen LogP) is 1.05. The molecule has 0 aliphatic carbocycles. The molecule has 4 nitrogen and oxygen atoms in total. The van der Waals surface area contributed by atoms with E-state index in [1.54, 1.807) is 0 Å². The van der Waals surface area contributed by atoms with Gasteiger partial charge in [-0.05, 0) is 6.07 Å². The monoisotopic (exact) mass is 190 g/mol. The van der Waals surface area contributed by atoms with Crippen molar-refractivity contribution in [1.82, 2.24) is 5.32 Å². The van der Waals surface area contributed by atoms with Gasteiger partial charge in [0, 0.05) is 18.7 Å². The van der Waals surface area contributed by atoms with Crippen LogP contribution in [0.4, 0.5) is 10.5 Å². The summed E-state index contributed by atoms with van der Waals surface area (Å²) in [5, 5.41) is 5.82. The fourth-order valence-corrected chi connectivity index (χ4v) is 1.97. The summed E-state index contributed by atoms with van der Waals surface area (Å²) < 4.78 is 5.32. The summed E-state index contributed by atoms with van der Waals surface area (Å²) in [4.78, 5) is 11.3. The second-order valence-electron chi connectivity index (χ2n) is 3.66. The Labute approximate surface area is 81.3 Å². The second-order valence-corrected chi connectivity index (χ2v) is 3.66. The number of carbonyl (C=O) groups excluding carboxylic acids is 1. The Morgan fingerprint density at radius 1 is 1.29 bits per heavy atom. The number of anilines is 1. The van der Waals surface area contributed by atoms with Gasteiger partial charge in [-0.3, -0.25) is 5.32 Å². The van der Waals surface area contributed by atoms with Crippen LogP contribution in [0.15, 0.2) is 24.3 Å². The van der Waals surface area contributed by atoms with Gasteiger partial charge in [0.15, 0.2) is 5.60 Å². The van der Waals surface area contributed by atoms with Crippen LogP contribution in [0.1, 0.15) is 5.56 Å². The van der Waals surface area contributed by atoms with E-state index in [9.17, 15) is 4.79 Å². The van der Waals surface area contributed by atoms with Crippen molar-refractivity contribution in [3.05, 3.63) is 29.8 Å². The van der Waals surface area contributed by atoms with Gasteiger partial charge < -0.3 is 10.1 Å². The minimum absolute atomic E-state index is 0.356. The van der Waals surface area contributed by atoms with Gasteiger partial charge in [-0.25, -0.2) is 4.79 Å². The minimum atomic E-state index is -0.418. The van der Waals surface area contributed by atoms with Crippen molar-refractivity contribution in [2.75, 3.05) is 18.4 Å². The summed E-state index contributed by atoms with van der Waals surface area (Å²) in [6.45, 7) is 1.41. The SMILES string of the molecule is O=C1Nc2ccccc2C2(CNC2)O1. The third-order valence-electron chi connectivity index (χ3n) is 2.76. The molecule has 72 valence electrons. The lowest BCUT2D eigenvalue weighted by molar-refractivity contribution is -0.0296. The van der Waals surface area contributed by atoms with E-state index in [-0.39, 0.29) is 6.09 Å².